The quantitative estimate of drug-likeness (QED) is 0.0375. The maximum absolute atomic E-state index is 13.2. The summed E-state index contributed by atoms with van der Waals surface area (Å²) in [6.07, 6.45) is 25.5. The summed E-state index contributed by atoms with van der Waals surface area (Å²) in [6.45, 7) is 6.52. The van der Waals surface area contributed by atoms with Crippen molar-refractivity contribution in [1.29, 1.82) is 0 Å². The van der Waals surface area contributed by atoms with Crippen molar-refractivity contribution in [1.82, 2.24) is 97.8 Å². The molecule has 0 spiro atoms. The van der Waals surface area contributed by atoms with Crippen LogP contribution in [0.25, 0.3) is 83.8 Å². The van der Waals surface area contributed by atoms with Crippen molar-refractivity contribution >= 4 is 85.3 Å². The number of anilines is 3. The Morgan fingerprint density at radius 2 is 0.831 bits per heavy atom. The maximum atomic E-state index is 13.2. The molecule has 15 heterocycles. The molecule has 3 saturated heterocycles. The van der Waals surface area contributed by atoms with E-state index in [9.17, 15) is 32.7 Å². The number of nitrogens with zero attached hydrogens (tertiary/aromatic N) is 20. The molecule has 31 heteroatoms. The highest BCUT2D eigenvalue weighted by Gasteiger charge is 2.34. The van der Waals surface area contributed by atoms with E-state index in [0.29, 0.717) is 66.9 Å². The monoisotopic (exact) mass is 1600 g/mol. The van der Waals surface area contributed by atoms with Crippen LogP contribution >= 0.6 is 0 Å². The number of rotatable bonds is 24. The van der Waals surface area contributed by atoms with Gasteiger partial charge in [0.15, 0.2) is 16.9 Å². The number of aromatic carboxylic acids is 1. The van der Waals surface area contributed by atoms with Crippen LogP contribution < -0.4 is 31.5 Å². The van der Waals surface area contributed by atoms with E-state index in [-0.39, 0.29) is 80.7 Å². The summed E-state index contributed by atoms with van der Waals surface area (Å²) < 4.78 is 50.5. The van der Waals surface area contributed by atoms with Crippen molar-refractivity contribution in [3.63, 3.8) is 0 Å². The van der Waals surface area contributed by atoms with Crippen LogP contribution in [0.1, 0.15) is 126 Å². The third kappa shape index (κ3) is 16.9. The first-order valence-corrected chi connectivity index (χ1v) is 40.3. The normalized spacial score (nSPS) is 17.5. The molecule has 6 aliphatic rings. The largest absolute Gasteiger partial charge is 0.477 e. The molecule has 2 amide bonds. The summed E-state index contributed by atoms with van der Waals surface area (Å²) in [5.41, 5.74) is 17.3. The second-order valence-corrected chi connectivity index (χ2v) is 31.2. The van der Waals surface area contributed by atoms with Crippen LogP contribution in [0.5, 0.6) is 0 Å². The number of fused-ring (bicyclic) bond motifs is 6. The summed E-state index contributed by atoms with van der Waals surface area (Å²) in [6, 6.07) is 39.8. The number of carbonyl (C=O) groups is 3. The molecule has 14 aromatic rings. The number of likely N-dealkylation sites (tertiary alicyclic amines) is 3. The zero-order valence-corrected chi connectivity index (χ0v) is 65.7. The standard InChI is InChI=1S/C31H33FN8O.C28H28FN7O2.C24H27FN8O.C3H7N.CH4/c1-37(18-21-6-3-2-4-7-21)28-16-27(36-30-25(17-34-40(28)30)31(41)35-22-9-10-22)26-20-39(29-24(26)8-5-13-33-29)23-11-14-38(19-23)15-12-32;1-33(16-19-6-3-2-4-7-19)25-14-24(32-27-22(28(37)38)15-31-36(25)27)23-18-35(26-21(23)8-5-11-30-26)20-9-12-34(17-20)13-10-29;1-26-21-11-20(30-23-18(12-28-33(21)23)24(34)29-15-4-5-15)19-14-32(22-17(19)3-2-8-27-22)16-6-9-31(13-16)10-7-25;4-3-1-2-3;/h2-8,13,16-17,20,22-23H,9-12,14-15,18-19H2,1H3,(H,35,41);2-8,11,14-15,18,20H,9-10,12-13,16-17H2,1H3,(H,37,38);2-3,8,11-12,14-16,26H,4-7,9-10,13H2,1H3,(H,29,34);3H,1-2,4H2;1H4/t23-;20-;16-;;/m111../s1. The van der Waals surface area contributed by atoms with Crippen molar-refractivity contribution in [3.8, 4) is 33.8 Å². The molecule has 3 aliphatic carbocycles. The highest BCUT2D eigenvalue weighted by molar-refractivity contribution is 6.03. The smallest absolute Gasteiger partial charge is 0.341 e. The number of alkyl halides is 3. The molecule has 118 heavy (non-hydrogen) atoms. The van der Waals surface area contributed by atoms with Gasteiger partial charge in [-0.25, -0.2) is 47.9 Å². The van der Waals surface area contributed by atoms with Gasteiger partial charge in [-0.2, -0.15) is 28.8 Å². The zero-order chi connectivity index (χ0) is 80.4. The van der Waals surface area contributed by atoms with Gasteiger partial charge in [0.2, 0.25) is 0 Å². The lowest BCUT2D eigenvalue weighted by molar-refractivity contribution is 0.0698. The third-order valence-electron chi connectivity index (χ3n) is 22.8. The molecular formula is C87H99F3N24O4. The summed E-state index contributed by atoms with van der Waals surface area (Å²) in [5, 5.41) is 35.5. The molecule has 6 N–H and O–H groups in total. The Balaban J connectivity index is 0.000000129. The van der Waals surface area contributed by atoms with Gasteiger partial charge in [0, 0.05) is 218 Å². The number of carboxylic acids is 1. The van der Waals surface area contributed by atoms with Gasteiger partial charge in [0.05, 0.1) is 35.7 Å². The van der Waals surface area contributed by atoms with Gasteiger partial charge in [0.25, 0.3) is 11.8 Å². The second-order valence-electron chi connectivity index (χ2n) is 31.2. The van der Waals surface area contributed by atoms with E-state index in [2.05, 4.69) is 123 Å². The van der Waals surface area contributed by atoms with Crippen molar-refractivity contribution < 1.29 is 32.7 Å². The molecule has 3 aliphatic heterocycles. The molecule has 28 nitrogen and oxygen atoms in total. The number of hydrogen-bond donors (Lipinski definition) is 5. The number of hydrogen-bond acceptors (Lipinski definition) is 19. The Labute approximate surface area is 680 Å². The number of halogens is 3. The van der Waals surface area contributed by atoms with Crippen LogP contribution in [0.15, 0.2) is 171 Å². The molecule has 0 bridgehead atoms. The number of amides is 2. The fraction of sp³-hybridized carbons (Fsp3) is 0.379. The van der Waals surface area contributed by atoms with Crippen LogP contribution in [-0.4, -0.2) is 228 Å². The lowest BCUT2D eigenvalue weighted by Crippen LogP contribution is -2.25. The molecule has 0 unspecified atom stereocenters. The first-order chi connectivity index (χ1) is 57.2. The van der Waals surface area contributed by atoms with E-state index in [1.165, 1.54) is 24.6 Å². The summed E-state index contributed by atoms with van der Waals surface area (Å²) in [7, 11) is 5.81. The van der Waals surface area contributed by atoms with E-state index in [4.69, 9.17) is 25.7 Å². The van der Waals surface area contributed by atoms with Gasteiger partial charge in [-0.05, 0) is 105 Å². The lowest BCUT2D eigenvalue weighted by atomic mass is 10.1. The number of aromatic nitrogens is 15. The fourth-order valence-electron chi connectivity index (χ4n) is 16.2. The molecule has 0 radical (unpaired) electrons. The van der Waals surface area contributed by atoms with Gasteiger partial charge in [-0.1, -0.05) is 68.1 Å². The number of benzene rings is 2. The number of nitrogens with two attached hydrogens (primary N) is 1. The average Bonchev–Trinajstić information content (AvgIpc) is 1.59. The van der Waals surface area contributed by atoms with Crippen LogP contribution in [-0.2, 0) is 13.1 Å². The number of carbonyl (C=O) groups excluding carboxylic acids is 2. The summed E-state index contributed by atoms with van der Waals surface area (Å²) >= 11 is 0. The highest BCUT2D eigenvalue weighted by Crippen LogP contribution is 2.40. The predicted octanol–water partition coefficient (Wildman–Crippen LogP) is 12.4. The van der Waals surface area contributed by atoms with E-state index in [0.717, 1.165) is 168 Å². The number of pyridine rings is 3. The van der Waals surface area contributed by atoms with E-state index < -0.39 is 5.97 Å². The third-order valence-corrected chi connectivity index (χ3v) is 22.8. The van der Waals surface area contributed by atoms with Crippen LogP contribution in [0.3, 0.4) is 0 Å². The molecule has 3 atom stereocenters. The molecule has 2 aromatic carbocycles. The van der Waals surface area contributed by atoms with Crippen molar-refractivity contribution in [3.05, 3.63) is 199 Å². The number of nitrogens with one attached hydrogen (secondary N) is 3. The van der Waals surface area contributed by atoms with Gasteiger partial charge in [-0.3, -0.25) is 24.3 Å². The molecule has 3 saturated carbocycles. The molecule has 612 valence electrons. The van der Waals surface area contributed by atoms with Crippen LogP contribution in [0.2, 0.25) is 0 Å². The van der Waals surface area contributed by atoms with E-state index in [1.807, 2.05) is 117 Å². The predicted molar refractivity (Wildman–Crippen MR) is 452 cm³/mol. The highest BCUT2D eigenvalue weighted by atomic mass is 19.1. The molecule has 12 aromatic heterocycles. The first kappa shape index (κ1) is 79.6. The Hall–Kier alpha value is -12.2. The molecule has 6 fully saturated rings. The Kier molecular flexibility index (Phi) is 23.6. The molecule has 20 rings (SSSR count). The second kappa shape index (κ2) is 34.9. The molecular weight excluding hydrogens is 1500 g/mol. The van der Waals surface area contributed by atoms with Crippen molar-refractivity contribution in [2.24, 2.45) is 5.73 Å². The van der Waals surface area contributed by atoms with Gasteiger partial charge < -0.3 is 50.3 Å². The fourth-order valence-corrected chi connectivity index (χ4v) is 16.2. The SMILES string of the molecule is C.CN(Cc1ccccc1)c1cc(-c2cn([C@@H]3CCN(CCF)C3)c3ncccc23)nc2c(C(=O)NC3CC3)cnn12.CN(Cc1ccccc1)c1cc(-c2cn([C@@H]3CCN(CCF)C3)c3ncccc23)nc2c(C(=O)O)cnn12.CNc1cc(-c2cn([C@@H]3CCN(CCF)C3)c3ncccc23)nc2c(C(=O)NC3CC3)cnn12.NC1CC1. The van der Waals surface area contributed by atoms with Crippen LogP contribution in [0, 0.1) is 0 Å². The lowest BCUT2D eigenvalue weighted by Gasteiger charge is -2.21. The topological polar surface area (TPSA) is 294 Å². The Morgan fingerprint density at radius 1 is 0.475 bits per heavy atom. The van der Waals surface area contributed by atoms with Crippen molar-refractivity contribution in [2.75, 3.05) is 115 Å². The minimum absolute atomic E-state index is 0. The minimum atomic E-state index is -1.08. The van der Waals surface area contributed by atoms with E-state index >= 15 is 0 Å². The van der Waals surface area contributed by atoms with Gasteiger partial charge in [-0.15, -0.1) is 0 Å². The van der Waals surface area contributed by atoms with Gasteiger partial charge >= 0.3 is 5.97 Å². The zero-order valence-electron chi connectivity index (χ0n) is 65.7. The van der Waals surface area contributed by atoms with Gasteiger partial charge in [0.1, 0.15) is 71.1 Å². The number of carboxylic acid groups (broad SMARTS) is 1. The first-order valence-electron chi connectivity index (χ1n) is 40.3. The van der Waals surface area contributed by atoms with Crippen LogP contribution in [0.4, 0.5) is 30.6 Å². The Morgan fingerprint density at radius 3 is 1.19 bits per heavy atom. The average molecular weight is 1600 g/mol. The summed E-state index contributed by atoms with van der Waals surface area (Å²) in [5.74, 6) is 0.925. The Bertz CT molecular complexity index is 5910. The minimum Gasteiger partial charge on any atom is -0.477 e. The maximum Gasteiger partial charge on any atom is 0.341 e. The summed E-state index contributed by atoms with van der Waals surface area (Å²) in [4.78, 5) is 77.5. The van der Waals surface area contributed by atoms with E-state index in [1.54, 1.807) is 38.3 Å². The van der Waals surface area contributed by atoms with Crippen molar-refractivity contribution in [2.45, 2.75) is 115 Å².